The third-order valence-corrected chi connectivity index (χ3v) is 4.02. The van der Waals surface area contributed by atoms with Crippen LogP contribution in [0.15, 0.2) is 54.0 Å². The number of nitrogens with zero attached hydrogens (tertiary/aromatic N) is 1. The molecule has 0 bridgehead atoms. The SMILES string of the molecule is C[n+]1ccccc1/C=C/c1csc2ccccc12.[I-]. The standard InChI is InChI=1S/C16H14NS.HI/c1-17-11-5-4-6-14(17)10-9-13-12-18-16-8-3-2-7-15(13)16;/h2-12H,1H3;1H/q+1;/p-1/b10-9+;. The molecule has 19 heavy (non-hydrogen) atoms. The van der Waals surface area contributed by atoms with Crippen molar-refractivity contribution in [3.8, 4) is 0 Å². The molecular weight excluding hydrogens is 365 g/mol. The first-order valence-corrected chi connectivity index (χ1v) is 6.81. The quantitative estimate of drug-likeness (QED) is 0.460. The average molecular weight is 379 g/mol. The predicted molar refractivity (Wildman–Crippen MR) is 78.4 cm³/mol. The summed E-state index contributed by atoms with van der Waals surface area (Å²) in [5.41, 5.74) is 2.49. The van der Waals surface area contributed by atoms with Gasteiger partial charge in [-0.25, -0.2) is 4.57 Å². The number of halogens is 1. The number of hydrogen-bond donors (Lipinski definition) is 0. The summed E-state index contributed by atoms with van der Waals surface area (Å²) in [6.45, 7) is 0. The highest BCUT2D eigenvalue weighted by Gasteiger charge is 2.02. The van der Waals surface area contributed by atoms with Crippen molar-refractivity contribution in [3.05, 3.63) is 65.3 Å². The minimum atomic E-state index is 0. The molecule has 0 amide bonds. The molecule has 3 aromatic rings. The Morgan fingerprint density at radius 1 is 1.00 bits per heavy atom. The lowest BCUT2D eigenvalue weighted by atomic mass is 10.1. The molecule has 0 atom stereocenters. The van der Waals surface area contributed by atoms with Gasteiger partial charge in [0.05, 0.1) is 0 Å². The summed E-state index contributed by atoms with van der Waals surface area (Å²) in [4.78, 5) is 0. The zero-order chi connectivity index (χ0) is 12.4. The van der Waals surface area contributed by atoms with Gasteiger partial charge in [-0.3, -0.25) is 0 Å². The van der Waals surface area contributed by atoms with Gasteiger partial charge in [0, 0.05) is 22.9 Å². The second kappa shape index (κ2) is 6.30. The van der Waals surface area contributed by atoms with Crippen LogP contribution in [-0.2, 0) is 7.05 Å². The lowest BCUT2D eigenvalue weighted by Crippen LogP contribution is -3.00. The second-order valence-corrected chi connectivity index (χ2v) is 5.17. The Bertz CT molecular complexity index is 715. The summed E-state index contributed by atoms with van der Waals surface area (Å²) >= 11 is 1.80. The summed E-state index contributed by atoms with van der Waals surface area (Å²) in [6.07, 6.45) is 6.41. The molecule has 0 fully saturated rings. The van der Waals surface area contributed by atoms with E-state index in [1.807, 2.05) is 6.07 Å². The maximum atomic E-state index is 2.21. The molecule has 3 heteroatoms. The Kier molecular flexibility index (Phi) is 4.71. The van der Waals surface area contributed by atoms with E-state index in [4.69, 9.17) is 0 Å². The van der Waals surface area contributed by atoms with Gasteiger partial charge in [0.25, 0.3) is 0 Å². The Morgan fingerprint density at radius 2 is 1.79 bits per heavy atom. The molecule has 0 aliphatic rings. The number of rotatable bonds is 2. The van der Waals surface area contributed by atoms with E-state index < -0.39 is 0 Å². The van der Waals surface area contributed by atoms with Crippen LogP contribution in [-0.4, -0.2) is 0 Å². The van der Waals surface area contributed by atoms with Gasteiger partial charge in [-0.15, -0.1) is 11.3 Å². The molecule has 1 aromatic carbocycles. The van der Waals surface area contributed by atoms with Crippen LogP contribution in [0.5, 0.6) is 0 Å². The molecular formula is C16H14INS. The molecule has 0 aliphatic carbocycles. The largest absolute Gasteiger partial charge is 1.00 e. The van der Waals surface area contributed by atoms with Crippen LogP contribution in [0.2, 0.25) is 0 Å². The Morgan fingerprint density at radius 3 is 2.63 bits per heavy atom. The zero-order valence-corrected chi connectivity index (χ0v) is 13.6. The highest BCUT2D eigenvalue weighted by molar-refractivity contribution is 7.17. The summed E-state index contributed by atoms with van der Waals surface area (Å²) < 4.78 is 3.46. The van der Waals surface area contributed by atoms with Crippen molar-refractivity contribution in [2.45, 2.75) is 0 Å². The van der Waals surface area contributed by atoms with Crippen LogP contribution < -0.4 is 28.5 Å². The second-order valence-electron chi connectivity index (χ2n) is 4.26. The van der Waals surface area contributed by atoms with Crippen molar-refractivity contribution in [2.24, 2.45) is 7.05 Å². The smallest absolute Gasteiger partial charge is 0.204 e. The van der Waals surface area contributed by atoms with Gasteiger partial charge < -0.3 is 24.0 Å². The van der Waals surface area contributed by atoms with Crippen molar-refractivity contribution in [1.29, 1.82) is 0 Å². The molecule has 2 aromatic heterocycles. The third kappa shape index (κ3) is 3.04. The van der Waals surface area contributed by atoms with Crippen molar-refractivity contribution in [3.63, 3.8) is 0 Å². The number of fused-ring (bicyclic) bond motifs is 1. The first-order valence-electron chi connectivity index (χ1n) is 5.93. The maximum absolute atomic E-state index is 2.21. The monoisotopic (exact) mass is 379 g/mol. The van der Waals surface area contributed by atoms with Gasteiger partial charge in [-0.05, 0) is 34.5 Å². The number of aromatic nitrogens is 1. The van der Waals surface area contributed by atoms with E-state index in [1.54, 1.807) is 11.3 Å². The van der Waals surface area contributed by atoms with Gasteiger partial charge in [-0.1, -0.05) is 18.2 Å². The molecule has 3 rings (SSSR count). The first-order chi connectivity index (χ1) is 8.84. The molecule has 0 saturated carbocycles. The van der Waals surface area contributed by atoms with E-state index in [0.717, 1.165) is 0 Å². The number of hydrogen-bond acceptors (Lipinski definition) is 1. The van der Waals surface area contributed by atoms with Crippen molar-refractivity contribution in [1.82, 2.24) is 0 Å². The van der Waals surface area contributed by atoms with Gasteiger partial charge >= 0.3 is 0 Å². The fraction of sp³-hybridized carbons (Fsp3) is 0.0625. The van der Waals surface area contributed by atoms with E-state index in [1.165, 1.54) is 21.3 Å². The van der Waals surface area contributed by atoms with Crippen LogP contribution in [0.25, 0.3) is 22.2 Å². The Labute approximate surface area is 134 Å². The highest BCUT2D eigenvalue weighted by atomic mass is 127. The molecule has 0 spiro atoms. The predicted octanol–water partition coefficient (Wildman–Crippen LogP) is 0.900. The normalized spacial score (nSPS) is 10.8. The minimum Gasteiger partial charge on any atom is -1.00 e. The lowest BCUT2D eigenvalue weighted by Gasteiger charge is -1.93. The van der Waals surface area contributed by atoms with Gasteiger partial charge in [0.15, 0.2) is 6.20 Å². The summed E-state index contributed by atoms with van der Waals surface area (Å²) in [6, 6.07) is 14.7. The molecule has 0 unspecified atom stereocenters. The van der Waals surface area contributed by atoms with Crippen molar-refractivity contribution >= 4 is 33.6 Å². The number of benzene rings is 1. The van der Waals surface area contributed by atoms with E-state index in [9.17, 15) is 0 Å². The molecule has 96 valence electrons. The minimum absolute atomic E-state index is 0. The van der Waals surface area contributed by atoms with Crippen molar-refractivity contribution in [2.75, 3.05) is 0 Å². The summed E-state index contributed by atoms with van der Waals surface area (Å²) in [5, 5.41) is 3.54. The fourth-order valence-corrected chi connectivity index (χ4v) is 2.94. The van der Waals surface area contributed by atoms with Crippen molar-refractivity contribution < 1.29 is 28.5 Å². The number of pyridine rings is 1. The molecule has 0 saturated heterocycles. The third-order valence-electron chi connectivity index (χ3n) is 3.04. The average Bonchev–Trinajstić information content (AvgIpc) is 2.81. The fourth-order valence-electron chi connectivity index (χ4n) is 2.01. The lowest BCUT2D eigenvalue weighted by molar-refractivity contribution is -0.673. The van der Waals surface area contributed by atoms with Crippen LogP contribution in [0.3, 0.4) is 0 Å². The van der Waals surface area contributed by atoms with Crippen LogP contribution >= 0.6 is 11.3 Å². The maximum Gasteiger partial charge on any atom is 0.204 e. The van der Waals surface area contributed by atoms with Crippen LogP contribution in [0.1, 0.15) is 11.3 Å². The van der Waals surface area contributed by atoms with Gasteiger partial charge in [-0.2, -0.15) is 0 Å². The molecule has 0 radical (unpaired) electrons. The van der Waals surface area contributed by atoms with E-state index in [-0.39, 0.29) is 24.0 Å². The molecule has 0 N–H and O–H groups in total. The number of aryl methyl sites for hydroxylation is 1. The molecule has 2 heterocycles. The van der Waals surface area contributed by atoms with Crippen LogP contribution in [0, 0.1) is 0 Å². The zero-order valence-electron chi connectivity index (χ0n) is 10.6. The summed E-state index contributed by atoms with van der Waals surface area (Å²) in [7, 11) is 2.06. The topological polar surface area (TPSA) is 3.88 Å². The summed E-state index contributed by atoms with van der Waals surface area (Å²) in [5.74, 6) is 0. The first kappa shape index (κ1) is 14.2. The molecule has 1 nitrogen and oxygen atoms in total. The Hall–Kier alpha value is -1.20. The number of thiophene rings is 1. The molecule has 0 aliphatic heterocycles. The van der Waals surface area contributed by atoms with Gasteiger partial charge in [0.1, 0.15) is 7.05 Å². The van der Waals surface area contributed by atoms with E-state index >= 15 is 0 Å². The van der Waals surface area contributed by atoms with Crippen LogP contribution in [0.4, 0.5) is 0 Å². The highest BCUT2D eigenvalue weighted by Crippen LogP contribution is 2.26. The van der Waals surface area contributed by atoms with Gasteiger partial charge in [0.2, 0.25) is 5.69 Å². The Balaban J connectivity index is 0.00000133. The van der Waals surface area contributed by atoms with E-state index in [0.29, 0.717) is 0 Å². The van der Waals surface area contributed by atoms with E-state index in [2.05, 4.69) is 71.7 Å².